The van der Waals surface area contributed by atoms with Crippen molar-refractivity contribution in [1.82, 2.24) is 4.90 Å². The second kappa shape index (κ2) is 4.94. The summed E-state index contributed by atoms with van der Waals surface area (Å²) in [5.41, 5.74) is -0.116. The van der Waals surface area contributed by atoms with Gasteiger partial charge in [0.15, 0.2) is 0 Å². The van der Waals surface area contributed by atoms with Crippen molar-refractivity contribution in [3.8, 4) is 0 Å². The van der Waals surface area contributed by atoms with E-state index >= 15 is 0 Å². The van der Waals surface area contributed by atoms with Crippen LogP contribution in [-0.2, 0) is 9.53 Å². The average Bonchev–Trinajstić information content (AvgIpc) is 2.12. The third-order valence-electron chi connectivity index (χ3n) is 2.93. The van der Waals surface area contributed by atoms with E-state index in [-0.39, 0.29) is 12.1 Å². The number of carbonyl (C=O) groups is 1. The van der Waals surface area contributed by atoms with E-state index < -0.39 is 5.97 Å². The van der Waals surface area contributed by atoms with E-state index in [1.165, 1.54) is 0 Å². The summed E-state index contributed by atoms with van der Waals surface area (Å²) in [6.07, 6.45) is 1.85. The predicted molar refractivity (Wildman–Crippen MR) is 57.9 cm³/mol. The molecule has 1 aliphatic rings. The molecule has 0 radical (unpaired) electrons. The Morgan fingerprint density at radius 3 is 2.73 bits per heavy atom. The fourth-order valence-corrected chi connectivity index (χ4v) is 2.18. The zero-order chi connectivity index (χ0) is 11.5. The van der Waals surface area contributed by atoms with E-state index in [0.29, 0.717) is 6.04 Å². The quantitative estimate of drug-likeness (QED) is 0.769. The lowest BCUT2D eigenvalue weighted by molar-refractivity contribution is -0.141. The van der Waals surface area contributed by atoms with Crippen molar-refractivity contribution in [2.24, 2.45) is 0 Å². The van der Waals surface area contributed by atoms with E-state index in [2.05, 4.69) is 13.8 Å². The number of aliphatic carboxylic acids is 1. The van der Waals surface area contributed by atoms with Crippen LogP contribution in [0.3, 0.4) is 0 Å². The molecule has 1 fully saturated rings. The molecular weight excluding hydrogens is 194 g/mol. The van der Waals surface area contributed by atoms with Gasteiger partial charge in [-0.15, -0.1) is 0 Å². The number of ether oxygens (including phenoxy) is 1. The number of hydrogen-bond acceptors (Lipinski definition) is 3. The van der Waals surface area contributed by atoms with Crippen molar-refractivity contribution in [2.75, 3.05) is 19.7 Å². The van der Waals surface area contributed by atoms with Gasteiger partial charge in [0.2, 0.25) is 0 Å². The lowest BCUT2D eigenvalue weighted by Crippen LogP contribution is -2.47. The molecule has 1 aliphatic heterocycles. The molecule has 0 amide bonds. The molecule has 0 saturated carbocycles. The summed E-state index contributed by atoms with van der Waals surface area (Å²) in [6.45, 7) is 7.78. The Hall–Kier alpha value is -0.610. The highest BCUT2D eigenvalue weighted by Crippen LogP contribution is 2.27. The number of hydrogen-bond donors (Lipinski definition) is 1. The number of carboxylic acids is 1. The lowest BCUT2D eigenvalue weighted by atomic mass is 9.93. The molecule has 1 heterocycles. The molecule has 0 aromatic rings. The van der Waals surface area contributed by atoms with Crippen molar-refractivity contribution in [3.63, 3.8) is 0 Å². The minimum Gasteiger partial charge on any atom is -0.480 e. The first-order chi connectivity index (χ1) is 6.94. The molecular formula is C11H21NO3. The molecule has 1 atom stereocenters. The van der Waals surface area contributed by atoms with E-state index in [1.54, 1.807) is 0 Å². The first-order valence-corrected chi connectivity index (χ1v) is 5.54. The number of rotatable bonds is 4. The summed E-state index contributed by atoms with van der Waals surface area (Å²) < 4.78 is 5.62. The van der Waals surface area contributed by atoms with Gasteiger partial charge < -0.3 is 9.84 Å². The zero-order valence-electron chi connectivity index (χ0n) is 9.82. The molecule has 1 saturated heterocycles. The zero-order valence-corrected chi connectivity index (χ0v) is 9.82. The summed E-state index contributed by atoms with van der Waals surface area (Å²) in [7, 11) is 0. The first-order valence-electron chi connectivity index (χ1n) is 5.54. The summed E-state index contributed by atoms with van der Waals surface area (Å²) in [5.74, 6) is -0.749. The highest BCUT2D eigenvalue weighted by Gasteiger charge is 2.32. The third-order valence-corrected chi connectivity index (χ3v) is 2.93. The van der Waals surface area contributed by atoms with E-state index in [4.69, 9.17) is 9.84 Å². The van der Waals surface area contributed by atoms with Crippen molar-refractivity contribution >= 4 is 5.97 Å². The Bertz CT molecular complexity index is 228. The van der Waals surface area contributed by atoms with Crippen LogP contribution in [0.4, 0.5) is 0 Å². The van der Waals surface area contributed by atoms with Crippen LogP contribution in [0.2, 0.25) is 0 Å². The number of carboxylic acid groups (broad SMARTS) is 1. The van der Waals surface area contributed by atoms with Crippen molar-refractivity contribution in [2.45, 2.75) is 45.3 Å². The van der Waals surface area contributed by atoms with Gasteiger partial charge in [0.05, 0.1) is 12.1 Å². The van der Waals surface area contributed by atoms with Crippen LogP contribution in [0.5, 0.6) is 0 Å². The molecule has 88 valence electrons. The van der Waals surface area contributed by atoms with E-state index in [1.807, 2.05) is 11.8 Å². The van der Waals surface area contributed by atoms with Crippen molar-refractivity contribution < 1.29 is 14.6 Å². The van der Waals surface area contributed by atoms with Gasteiger partial charge in [-0.25, -0.2) is 0 Å². The fraction of sp³-hybridized carbons (Fsp3) is 0.909. The van der Waals surface area contributed by atoms with Gasteiger partial charge in [-0.1, -0.05) is 6.92 Å². The van der Waals surface area contributed by atoms with Crippen molar-refractivity contribution in [3.05, 3.63) is 0 Å². The fourth-order valence-electron chi connectivity index (χ4n) is 2.18. The van der Waals surface area contributed by atoms with Gasteiger partial charge in [0.25, 0.3) is 0 Å². The van der Waals surface area contributed by atoms with Gasteiger partial charge in [-0.2, -0.15) is 0 Å². The van der Waals surface area contributed by atoms with Crippen LogP contribution >= 0.6 is 0 Å². The molecule has 15 heavy (non-hydrogen) atoms. The second-order valence-corrected chi connectivity index (χ2v) is 4.71. The number of likely N-dealkylation sites (N-methyl/N-ethyl adjacent to an activating group) is 1. The van der Waals surface area contributed by atoms with Gasteiger partial charge >= 0.3 is 5.97 Å². The monoisotopic (exact) mass is 215 g/mol. The Labute approximate surface area is 91.2 Å². The van der Waals surface area contributed by atoms with Crippen LogP contribution in [0.25, 0.3) is 0 Å². The Morgan fingerprint density at radius 2 is 2.27 bits per heavy atom. The molecule has 0 aromatic carbocycles. The lowest BCUT2D eigenvalue weighted by Gasteiger charge is -2.40. The Balaban J connectivity index is 2.56. The van der Waals surface area contributed by atoms with E-state index in [0.717, 1.165) is 26.0 Å². The normalized spacial score (nSPS) is 25.5. The van der Waals surface area contributed by atoms with Gasteiger partial charge in [-0.3, -0.25) is 9.69 Å². The summed E-state index contributed by atoms with van der Waals surface area (Å²) in [6, 6.07) is 0.342. The molecule has 1 unspecified atom stereocenters. The van der Waals surface area contributed by atoms with Gasteiger partial charge in [0, 0.05) is 12.6 Å². The maximum atomic E-state index is 10.7. The molecule has 4 heteroatoms. The topological polar surface area (TPSA) is 49.8 Å². The standard InChI is InChI=1S/C11H21NO3/c1-4-12(8-10(13)14)9-5-6-15-11(2,3)7-9/h9H,4-8H2,1-3H3,(H,13,14). The highest BCUT2D eigenvalue weighted by molar-refractivity contribution is 5.69. The summed E-state index contributed by atoms with van der Waals surface area (Å²) in [4.78, 5) is 12.7. The third kappa shape index (κ3) is 3.80. The predicted octanol–water partition coefficient (Wildman–Crippen LogP) is 1.35. The van der Waals surface area contributed by atoms with Gasteiger partial charge in [0.1, 0.15) is 0 Å². The summed E-state index contributed by atoms with van der Waals surface area (Å²) in [5, 5.41) is 8.80. The first kappa shape index (κ1) is 12.5. The molecule has 1 rings (SSSR count). The minimum atomic E-state index is -0.749. The highest BCUT2D eigenvalue weighted by atomic mass is 16.5. The maximum absolute atomic E-state index is 10.7. The van der Waals surface area contributed by atoms with Crippen LogP contribution < -0.4 is 0 Å². The molecule has 0 aromatic heterocycles. The molecule has 0 aliphatic carbocycles. The second-order valence-electron chi connectivity index (χ2n) is 4.71. The maximum Gasteiger partial charge on any atom is 0.317 e. The minimum absolute atomic E-state index is 0.116. The van der Waals surface area contributed by atoms with Crippen molar-refractivity contribution in [1.29, 1.82) is 0 Å². The van der Waals surface area contributed by atoms with Gasteiger partial charge in [-0.05, 0) is 33.2 Å². The molecule has 4 nitrogen and oxygen atoms in total. The van der Waals surface area contributed by atoms with Crippen LogP contribution in [0, 0.1) is 0 Å². The van der Waals surface area contributed by atoms with Crippen LogP contribution in [0.1, 0.15) is 33.6 Å². The Kier molecular flexibility index (Phi) is 4.11. The van der Waals surface area contributed by atoms with Crippen LogP contribution in [0.15, 0.2) is 0 Å². The smallest absolute Gasteiger partial charge is 0.317 e. The Morgan fingerprint density at radius 1 is 1.60 bits per heavy atom. The molecule has 0 spiro atoms. The van der Waals surface area contributed by atoms with E-state index in [9.17, 15) is 4.79 Å². The largest absolute Gasteiger partial charge is 0.480 e. The SMILES string of the molecule is CCN(CC(=O)O)C1CCOC(C)(C)C1. The van der Waals surface area contributed by atoms with Crippen LogP contribution in [-0.4, -0.2) is 47.3 Å². The molecule has 0 bridgehead atoms. The number of nitrogens with zero attached hydrogens (tertiary/aromatic N) is 1. The molecule has 1 N–H and O–H groups in total. The summed E-state index contributed by atoms with van der Waals surface area (Å²) >= 11 is 0. The average molecular weight is 215 g/mol.